The van der Waals surface area contributed by atoms with Gasteiger partial charge in [-0.3, -0.25) is 9.48 Å². The number of hydrogen-bond donors (Lipinski definition) is 2. The van der Waals surface area contributed by atoms with Gasteiger partial charge in [-0.2, -0.15) is 5.10 Å². The molecule has 2 N–H and O–H groups in total. The highest BCUT2D eigenvalue weighted by atomic mass is 35.5. The van der Waals surface area contributed by atoms with Crippen molar-refractivity contribution in [3.8, 4) is 5.75 Å². The third-order valence-corrected chi connectivity index (χ3v) is 3.26. The fraction of sp³-hybridized carbons (Fsp3) is 0.267. The van der Waals surface area contributed by atoms with Crippen LogP contribution in [0.1, 0.15) is 11.4 Å². The van der Waals surface area contributed by atoms with Crippen molar-refractivity contribution in [1.82, 2.24) is 9.78 Å². The lowest BCUT2D eigenvalue weighted by molar-refractivity contribution is -0.139. The second-order valence-corrected chi connectivity index (χ2v) is 5.37. The van der Waals surface area contributed by atoms with Gasteiger partial charge >= 0.3 is 5.97 Å². The molecule has 1 aromatic heterocycles. The van der Waals surface area contributed by atoms with Crippen molar-refractivity contribution in [2.45, 2.75) is 20.4 Å². The van der Waals surface area contributed by atoms with Gasteiger partial charge in [-0.25, -0.2) is 4.79 Å². The number of aryl methyl sites for hydroxylation is 2. The zero-order valence-corrected chi connectivity index (χ0v) is 13.4. The second kappa shape index (κ2) is 7.15. The number of carbonyl (C=O) groups is 2. The summed E-state index contributed by atoms with van der Waals surface area (Å²) in [6, 6.07) is 6.48. The third-order valence-electron chi connectivity index (χ3n) is 2.96. The van der Waals surface area contributed by atoms with Gasteiger partial charge in [-0.05, 0) is 38.1 Å². The van der Waals surface area contributed by atoms with Crippen molar-refractivity contribution in [1.29, 1.82) is 0 Å². The number of ether oxygens (including phenoxy) is 1. The maximum atomic E-state index is 12.0. The van der Waals surface area contributed by atoms with Gasteiger partial charge in [0.25, 0.3) is 0 Å². The molecule has 0 radical (unpaired) electrons. The van der Waals surface area contributed by atoms with Crippen LogP contribution in [0.15, 0.2) is 24.3 Å². The molecule has 1 amide bonds. The number of nitrogens with zero attached hydrogens (tertiary/aromatic N) is 2. The number of aromatic nitrogens is 2. The molecule has 2 rings (SSSR count). The molecule has 0 saturated heterocycles. The smallest absolute Gasteiger partial charge is 0.341 e. The number of amides is 1. The molecule has 1 aromatic carbocycles. The normalized spacial score (nSPS) is 10.4. The lowest BCUT2D eigenvalue weighted by Crippen LogP contribution is -2.20. The summed E-state index contributed by atoms with van der Waals surface area (Å²) in [7, 11) is 0. The van der Waals surface area contributed by atoms with Gasteiger partial charge in [0.15, 0.2) is 6.61 Å². The summed E-state index contributed by atoms with van der Waals surface area (Å²) < 4.78 is 6.62. The zero-order valence-electron chi connectivity index (χ0n) is 12.7. The Morgan fingerprint density at radius 3 is 2.65 bits per heavy atom. The summed E-state index contributed by atoms with van der Waals surface area (Å²) >= 11 is 6.00. The monoisotopic (exact) mass is 337 g/mol. The van der Waals surface area contributed by atoms with Gasteiger partial charge in [0.05, 0.1) is 10.7 Å². The Balaban J connectivity index is 1.99. The fourth-order valence-corrected chi connectivity index (χ4v) is 2.24. The summed E-state index contributed by atoms with van der Waals surface area (Å²) in [5, 5.41) is 15.7. The topological polar surface area (TPSA) is 93.5 Å². The van der Waals surface area contributed by atoms with Crippen molar-refractivity contribution in [3.05, 3.63) is 40.7 Å². The first-order valence-electron chi connectivity index (χ1n) is 6.80. The number of benzene rings is 1. The van der Waals surface area contributed by atoms with Crippen molar-refractivity contribution >= 4 is 29.2 Å². The Hall–Kier alpha value is -2.54. The van der Waals surface area contributed by atoms with Crippen LogP contribution in [-0.2, 0) is 16.1 Å². The van der Waals surface area contributed by atoms with Crippen molar-refractivity contribution in [3.63, 3.8) is 0 Å². The van der Waals surface area contributed by atoms with Crippen LogP contribution in [0.2, 0.25) is 5.02 Å². The summed E-state index contributed by atoms with van der Waals surface area (Å²) in [5.41, 5.74) is 2.23. The third kappa shape index (κ3) is 4.72. The number of anilines is 1. The van der Waals surface area contributed by atoms with E-state index in [9.17, 15) is 9.59 Å². The van der Waals surface area contributed by atoms with Crippen molar-refractivity contribution in [2.24, 2.45) is 0 Å². The molecule has 0 fully saturated rings. The predicted octanol–water partition coefficient (Wildman–Crippen LogP) is 2.26. The molecule has 2 aromatic rings. The van der Waals surface area contributed by atoms with Gasteiger partial charge in [-0.15, -0.1) is 0 Å². The molecule has 0 unspecified atom stereocenters. The Bertz CT molecular complexity index is 742. The number of rotatable bonds is 6. The molecule has 0 saturated carbocycles. The van der Waals surface area contributed by atoms with Crippen LogP contribution in [0, 0.1) is 13.8 Å². The Morgan fingerprint density at radius 2 is 2.09 bits per heavy atom. The van der Waals surface area contributed by atoms with Crippen LogP contribution in [0.5, 0.6) is 5.75 Å². The summed E-state index contributed by atoms with van der Waals surface area (Å²) in [4.78, 5) is 22.5. The zero-order chi connectivity index (χ0) is 17.0. The molecular weight excluding hydrogens is 322 g/mol. The van der Waals surface area contributed by atoms with Crippen LogP contribution in [0.4, 0.5) is 5.69 Å². The number of hydrogen-bond acceptors (Lipinski definition) is 4. The van der Waals surface area contributed by atoms with E-state index in [2.05, 4.69) is 10.4 Å². The van der Waals surface area contributed by atoms with Crippen LogP contribution < -0.4 is 10.1 Å². The highest BCUT2D eigenvalue weighted by Gasteiger charge is 2.10. The quantitative estimate of drug-likeness (QED) is 0.843. The number of carboxylic acid groups (broad SMARTS) is 1. The molecule has 0 aliphatic heterocycles. The van der Waals surface area contributed by atoms with E-state index < -0.39 is 12.6 Å². The maximum absolute atomic E-state index is 12.0. The lowest BCUT2D eigenvalue weighted by atomic mass is 10.3. The minimum atomic E-state index is -1.09. The fourth-order valence-electron chi connectivity index (χ4n) is 2.01. The minimum absolute atomic E-state index is 0.0918. The van der Waals surface area contributed by atoms with Crippen LogP contribution in [-0.4, -0.2) is 33.4 Å². The van der Waals surface area contributed by atoms with E-state index in [4.69, 9.17) is 21.4 Å². The van der Waals surface area contributed by atoms with Gasteiger partial charge < -0.3 is 15.2 Å². The van der Waals surface area contributed by atoms with E-state index >= 15 is 0 Å². The van der Waals surface area contributed by atoms with E-state index in [1.54, 1.807) is 10.7 Å². The van der Waals surface area contributed by atoms with Crippen LogP contribution >= 0.6 is 11.6 Å². The Morgan fingerprint density at radius 1 is 1.35 bits per heavy atom. The molecule has 23 heavy (non-hydrogen) atoms. The Kier molecular flexibility index (Phi) is 5.23. The minimum Gasteiger partial charge on any atom is -0.480 e. The highest BCUT2D eigenvalue weighted by molar-refractivity contribution is 6.32. The van der Waals surface area contributed by atoms with Gasteiger partial charge in [-0.1, -0.05) is 11.6 Å². The maximum Gasteiger partial charge on any atom is 0.341 e. The first-order valence-corrected chi connectivity index (χ1v) is 7.18. The average Bonchev–Trinajstić information content (AvgIpc) is 2.75. The molecule has 0 atom stereocenters. The van der Waals surface area contributed by atoms with Gasteiger partial charge in [0.1, 0.15) is 12.3 Å². The second-order valence-electron chi connectivity index (χ2n) is 4.96. The molecule has 0 aliphatic rings. The van der Waals surface area contributed by atoms with E-state index in [0.717, 1.165) is 11.4 Å². The molecular formula is C15H16ClN3O4. The average molecular weight is 338 g/mol. The molecule has 1 heterocycles. The number of carboxylic acids is 1. The standard InChI is InChI=1S/C15H16ClN3O4/c1-9-5-10(2)19(18-9)7-14(20)17-11-3-4-13(12(16)6-11)23-8-15(21)22/h3-6H,7-8H2,1-2H3,(H,17,20)(H,21,22). The van der Waals surface area contributed by atoms with Crippen LogP contribution in [0.3, 0.4) is 0 Å². The summed E-state index contributed by atoms with van der Waals surface area (Å²) in [6.45, 7) is 3.34. The first kappa shape index (κ1) is 16.8. The number of carbonyl (C=O) groups excluding carboxylic acids is 1. The summed E-state index contributed by atoms with van der Waals surface area (Å²) in [6.07, 6.45) is 0. The van der Waals surface area contributed by atoms with Gasteiger partial charge in [0.2, 0.25) is 5.91 Å². The molecule has 7 nitrogen and oxygen atoms in total. The molecule has 122 valence electrons. The molecule has 0 aliphatic carbocycles. The lowest BCUT2D eigenvalue weighted by Gasteiger charge is -2.10. The molecule has 0 spiro atoms. The summed E-state index contributed by atoms with van der Waals surface area (Å²) in [5.74, 6) is -1.10. The number of aliphatic carboxylic acids is 1. The number of nitrogens with one attached hydrogen (secondary N) is 1. The van der Waals surface area contributed by atoms with E-state index in [0.29, 0.717) is 5.69 Å². The number of halogens is 1. The SMILES string of the molecule is Cc1cc(C)n(CC(=O)Nc2ccc(OCC(=O)O)c(Cl)c2)n1. The first-order chi connectivity index (χ1) is 10.8. The van der Waals surface area contributed by atoms with E-state index in [1.165, 1.54) is 12.1 Å². The highest BCUT2D eigenvalue weighted by Crippen LogP contribution is 2.27. The van der Waals surface area contributed by atoms with Crippen LogP contribution in [0.25, 0.3) is 0 Å². The Labute approximate surface area is 137 Å². The largest absolute Gasteiger partial charge is 0.480 e. The van der Waals surface area contributed by atoms with E-state index in [-0.39, 0.29) is 23.2 Å². The molecule has 8 heteroatoms. The van der Waals surface area contributed by atoms with Gasteiger partial charge in [0, 0.05) is 11.4 Å². The van der Waals surface area contributed by atoms with E-state index in [1.807, 2.05) is 19.9 Å². The predicted molar refractivity (Wildman–Crippen MR) is 84.9 cm³/mol. The van der Waals surface area contributed by atoms with Crippen molar-refractivity contribution in [2.75, 3.05) is 11.9 Å². The molecule has 0 bridgehead atoms. The van der Waals surface area contributed by atoms with Crippen molar-refractivity contribution < 1.29 is 19.4 Å².